The number of esters is 1. The first-order chi connectivity index (χ1) is 15.7. The summed E-state index contributed by atoms with van der Waals surface area (Å²) >= 11 is 3.09. The molecule has 2 aromatic carbocycles. The highest BCUT2D eigenvalue weighted by atomic mass is 32.2. The van der Waals surface area contributed by atoms with Crippen LogP contribution in [0.25, 0.3) is 9.88 Å². The van der Waals surface area contributed by atoms with Crippen LogP contribution in [0.2, 0.25) is 0 Å². The van der Waals surface area contributed by atoms with E-state index in [2.05, 4.69) is 4.98 Å². The second-order valence-corrected chi connectivity index (χ2v) is 11.3. The van der Waals surface area contributed by atoms with Crippen molar-refractivity contribution in [3.63, 3.8) is 0 Å². The Labute approximate surface area is 201 Å². The van der Waals surface area contributed by atoms with Crippen molar-refractivity contribution in [1.29, 1.82) is 0 Å². The zero-order valence-corrected chi connectivity index (χ0v) is 20.8. The molecule has 0 fully saturated rings. The van der Waals surface area contributed by atoms with Crippen molar-refractivity contribution in [3.8, 4) is 15.6 Å². The maximum Gasteiger partial charge on any atom is 0.317 e. The molecule has 0 aliphatic heterocycles. The Balaban J connectivity index is 1.41. The Morgan fingerprint density at radius 2 is 1.79 bits per heavy atom. The van der Waals surface area contributed by atoms with Crippen LogP contribution in [0.3, 0.4) is 0 Å². The molecule has 0 N–H and O–H groups in total. The first-order valence-electron chi connectivity index (χ1n) is 10.1. The summed E-state index contributed by atoms with van der Waals surface area (Å²) in [6.07, 6.45) is 0.0602. The van der Waals surface area contributed by atoms with Crippen molar-refractivity contribution >= 4 is 44.4 Å². The zero-order valence-electron chi connectivity index (χ0n) is 18.3. The predicted molar refractivity (Wildman–Crippen MR) is 133 cm³/mol. The maximum absolute atomic E-state index is 13.0. The van der Waals surface area contributed by atoms with E-state index in [0.717, 1.165) is 21.0 Å². The summed E-state index contributed by atoms with van der Waals surface area (Å²) in [5, 5.41) is 4.72. The summed E-state index contributed by atoms with van der Waals surface area (Å²) in [5.41, 5.74) is 3.06. The minimum absolute atomic E-state index is 0.0602. The zero-order chi connectivity index (χ0) is 23.6. The molecular formula is C24H22N2O4S3. The van der Waals surface area contributed by atoms with E-state index in [1.807, 2.05) is 36.7 Å². The number of carbonyl (C=O) groups is 1. The number of aryl methyl sites for hydroxylation is 2. The highest BCUT2D eigenvalue weighted by Gasteiger charge is 2.22. The van der Waals surface area contributed by atoms with Gasteiger partial charge in [-0.1, -0.05) is 12.1 Å². The minimum atomic E-state index is -3.70. The number of thiazole rings is 1. The third-order valence-electron chi connectivity index (χ3n) is 5.18. The Kier molecular flexibility index (Phi) is 6.64. The smallest absolute Gasteiger partial charge is 0.317 e. The molecule has 4 rings (SSSR count). The van der Waals surface area contributed by atoms with Crippen LogP contribution in [0.5, 0.6) is 5.75 Å². The number of ether oxygens (including phenoxy) is 1. The summed E-state index contributed by atoms with van der Waals surface area (Å²) < 4.78 is 32.6. The van der Waals surface area contributed by atoms with Gasteiger partial charge in [0.15, 0.2) is 0 Å². The van der Waals surface area contributed by atoms with Crippen molar-refractivity contribution in [3.05, 3.63) is 82.2 Å². The van der Waals surface area contributed by atoms with Gasteiger partial charge in [0.05, 0.1) is 27.6 Å². The van der Waals surface area contributed by atoms with Gasteiger partial charge < -0.3 is 4.74 Å². The number of hydrogen-bond acceptors (Lipinski definition) is 7. The maximum atomic E-state index is 13.0. The molecule has 0 aliphatic rings. The Morgan fingerprint density at radius 1 is 1.03 bits per heavy atom. The molecule has 170 valence electrons. The van der Waals surface area contributed by atoms with E-state index < -0.39 is 16.0 Å². The van der Waals surface area contributed by atoms with Crippen molar-refractivity contribution in [2.24, 2.45) is 0 Å². The number of rotatable bonds is 7. The fourth-order valence-corrected chi connectivity index (χ4v) is 6.03. The third-order valence-corrected chi connectivity index (χ3v) is 8.89. The molecule has 2 heterocycles. The molecule has 4 aromatic rings. The van der Waals surface area contributed by atoms with Crippen molar-refractivity contribution < 1.29 is 17.9 Å². The molecule has 0 saturated carbocycles. The number of thiophene rings is 1. The molecule has 0 spiro atoms. The van der Waals surface area contributed by atoms with Crippen molar-refractivity contribution in [2.75, 3.05) is 11.4 Å². The van der Waals surface area contributed by atoms with Crippen LogP contribution in [0.1, 0.15) is 16.8 Å². The normalized spacial score (nSPS) is 11.4. The van der Waals surface area contributed by atoms with Gasteiger partial charge in [-0.3, -0.25) is 9.10 Å². The average molecular weight is 499 g/mol. The van der Waals surface area contributed by atoms with Crippen molar-refractivity contribution in [1.82, 2.24) is 4.98 Å². The summed E-state index contributed by atoms with van der Waals surface area (Å²) in [4.78, 5) is 18.1. The molecule has 33 heavy (non-hydrogen) atoms. The van der Waals surface area contributed by atoms with Gasteiger partial charge in [0.1, 0.15) is 10.8 Å². The lowest BCUT2D eigenvalue weighted by Gasteiger charge is -2.20. The van der Waals surface area contributed by atoms with Crippen LogP contribution >= 0.6 is 22.7 Å². The van der Waals surface area contributed by atoms with Gasteiger partial charge in [0.25, 0.3) is 10.0 Å². The molecule has 0 bridgehead atoms. The fourth-order valence-electron chi connectivity index (χ4n) is 3.11. The summed E-state index contributed by atoms with van der Waals surface area (Å²) in [6, 6.07) is 15.4. The first kappa shape index (κ1) is 23.2. The Hall–Kier alpha value is -3.01. The molecule has 0 saturated heterocycles. The molecule has 0 atom stereocenters. The number of sulfonamides is 1. The summed E-state index contributed by atoms with van der Waals surface area (Å²) in [5.74, 6) is -0.0867. The molecule has 0 aliphatic carbocycles. The van der Waals surface area contributed by atoms with Gasteiger partial charge in [-0.25, -0.2) is 13.4 Å². The van der Waals surface area contributed by atoms with Gasteiger partial charge in [-0.2, -0.15) is 0 Å². The van der Waals surface area contributed by atoms with Gasteiger partial charge in [-0.15, -0.1) is 22.7 Å². The fraction of sp³-hybridized carbons (Fsp3) is 0.167. The number of aromatic nitrogens is 1. The first-order valence-corrected chi connectivity index (χ1v) is 13.3. The lowest BCUT2D eigenvalue weighted by atomic mass is 10.1. The van der Waals surface area contributed by atoms with Gasteiger partial charge in [-0.05, 0) is 72.8 Å². The summed E-state index contributed by atoms with van der Waals surface area (Å²) in [7, 11) is -2.21. The number of hydrogen-bond donors (Lipinski definition) is 0. The molecule has 0 unspecified atom stereocenters. The Morgan fingerprint density at radius 3 is 2.45 bits per heavy atom. The van der Waals surface area contributed by atoms with Gasteiger partial charge >= 0.3 is 5.97 Å². The standard InChI is InChI=1S/C24H22N2O4S3/c1-16-6-11-21(13-17(16)2)33(28,29)26(3)19-7-9-20(10-8-19)30-23(27)14-18-15-32-24(25-18)22-5-4-12-31-22/h4-13,15H,14H2,1-3H3. The second kappa shape index (κ2) is 9.46. The van der Waals surface area contributed by atoms with Crippen LogP contribution in [-0.2, 0) is 21.2 Å². The lowest BCUT2D eigenvalue weighted by Crippen LogP contribution is -2.26. The third kappa shape index (κ3) is 5.16. The molecule has 2 aromatic heterocycles. The van der Waals surface area contributed by atoms with E-state index in [-0.39, 0.29) is 11.3 Å². The van der Waals surface area contributed by atoms with E-state index in [1.54, 1.807) is 53.8 Å². The number of nitrogens with zero attached hydrogens (tertiary/aromatic N) is 2. The highest BCUT2D eigenvalue weighted by Crippen LogP contribution is 2.28. The molecular weight excluding hydrogens is 476 g/mol. The van der Waals surface area contributed by atoms with E-state index >= 15 is 0 Å². The molecule has 6 nitrogen and oxygen atoms in total. The van der Waals surface area contributed by atoms with Crippen LogP contribution in [0.15, 0.2) is 70.3 Å². The Bertz CT molecular complexity index is 1380. The summed E-state index contributed by atoms with van der Waals surface area (Å²) in [6.45, 7) is 3.82. The van der Waals surface area contributed by atoms with Crippen LogP contribution in [-0.4, -0.2) is 26.4 Å². The lowest BCUT2D eigenvalue weighted by molar-refractivity contribution is -0.133. The molecule has 0 amide bonds. The molecule has 0 radical (unpaired) electrons. The van der Waals surface area contributed by atoms with Crippen molar-refractivity contribution in [2.45, 2.75) is 25.2 Å². The van der Waals surface area contributed by atoms with E-state index in [1.165, 1.54) is 22.7 Å². The van der Waals surface area contributed by atoms with Crippen LogP contribution < -0.4 is 9.04 Å². The number of anilines is 1. The minimum Gasteiger partial charge on any atom is -0.426 e. The monoisotopic (exact) mass is 498 g/mol. The number of benzene rings is 2. The van der Waals surface area contributed by atoms with Gasteiger partial charge in [0, 0.05) is 12.4 Å². The van der Waals surface area contributed by atoms with Gasteiger partial charge in [0.2, 0.25) is 0 Å². The SMILES string of the molecule is Cc1ccc(S(=O)(=O)N(C)c2ccc(OC(=O)Cc3csc(-c4cccs4)n3)cc2)cc1C. The predicted octanol–water partition coefficient (Wildman–Crippen LogP) is 5.46. The quantitative estimate of drug-likeness (QED) is 0.250. The molecule has 9 heteroatoms. The average Bonchev–Trinajstić information content (AvgIpc) is 3.47. The topological polar surface area (TPSA) is 76.6 Å². The number of carbonyl (C=O) groups excluding carboxylic acids is 1. The van der Waals surface area contributed by atoms with E-state index in [0.29, 0.717) is 17.1 Å². The van der Waals surface area contributed by atoms with Crippen LogP contribution in [0, 0.1) is 13.8 Å². The highest BCUT2D eigenvalue weighted by molar-refractivity contribution is 7.92. The van der Waals surface area contributed by atoms with Crippen LogP contribution in [0.4, 0.5) is 5.69 Å². The largest absolute Gasteiger partial charge is 0.426 e. The van der Waals surface area contributed by atoms with E-state index in [4.69, 9.17) is 4.74 Å². The van der Waals surface area contributed by atoms with E-state index in [9.17, 15) is 13.2 Å². The second-order valence-electron chi connectivity index (χ2n) is 7.48.